The number of carbonyl (C=O) groups is 1. The van der Waals surface area contributed by atoms with E-state index in [1.165, 1.54) is 50.5 Å². The summed E-state index contributed by atoms with van der Waals surface area (Å²) < 4.78 is 67.4. The standard InChI is InChI=1S/C34H28F2N4O5S/c1-38-32(41)29-23-16-21(26(40(2)46(3,42)43)17-28(23)44-31(29)18-7-10-20(35)11-8-18)19-9-12-24(34(37)13-14-34)22(15-19)33-39-30-25(36)5-4-6-27(30)45-33/h4-12,15-17H,13-14,37H2,1-3H3,(H,38,41). The molecule has 0 aliphatic heterocycles. The lowest BCUT2D eigenvalue weighted by molar-refractivity contribution is 0.0964. The SMILES string of the molecule is CNC(=O)c1c(-c2ccc(F)cc2)oc2cc(N(C)S(C)(=O)=O)c(-c3ccc(C4(N)CC4)c(-c4nc5c(F)cccc5o4)c3)cc12. The summed E-state index contributed by atoms with van der Waals surface area (Å²) in [5.74, 6) is -1.06. The molecule has 0 unspecified atom stereocenters. The first-order valence-electron chi connectivity index (χ1n) is 14.4. The minimum atomic E-state index is -3.76. The van der Waals surface area contributed by atoms with Crippen molar-refractivity contribution in [3.05, 3.63) is 95.6 Å². The van der Waals surface area contributed by atoms with Crippen LogP contribution in [0.5, 0.6) is 0 Å². The minimum absolute atomic E-state index is 0.0802. The molecule has 0 spiro atoms. The number of sulfonamides is 1. The molecule has 46 heavy (non-hydrogen) atoms. The summed E-state index contributed by atoms with van der Waals surface area (Å²) in [7, 11) is -0.863. The molecule has 6 aromatic rings. The van der Waals surface area contributed by atoms with Gasteiger partial charge in [-0.05, 0) is 72.5 Å². The molecule has 1 fully saturated rings. The number of hydrogen-bond acceptors (Lipinski definition) is 7. The van der Waals surface area contributed by atoms with E-state index in [0.717, 1.165) is 29.0 Å². The number of carbonyl (C=O) groups excluding carboxylic acids is 1. The number of anilines is 1. The lowest BCUT2D eigenvalue weighted by atomic mass is 9.92. The van der Waals surface area contributed by atoms with E-state index in [4.69, 9.17) is 14.6 Å². The second-order valence-electron chi connectivity index (χ2n) is 11.5. The van der Waals surface area contributed by atoms with Gasteiger partial charge >= 0.3 is 0 Å². The number of nitrogens with one attached hydrogen (secondary N) is 1. The lowest BCUT2D eigenvalue weighted by Crippen LogP contribution is -2.25. The number of para-hydroxylation sites is 1. The second kappa shape index (κ2) is 10.5. The number of halogens is 2. The number of oxazole rings is 1. The molecule has 2 aromatic heterocycles. The highest BCUT2D eigenvalue weighted by Gasteiger charge is 2.42. The summed E-state index contributed by atoms with van der Waals surface area (Å²) in [4.78, 5) is 17.7. The smallest absolute Gasteiger partial charge is 0.255 e. The Hall–Kier alpha value is -5.07. The summed E-state index contributed by atoms with van der Waals surface area (Å²) in [6.07, 6.45) is 2.55. The molecular formula is C34H28F2N4O5S. The molecule has 1 aliphatic carbocycles. The highest BCUT2D eigenvalue weighted by atomic mass is 32.2. The summed E-state index contributed by atoms with van der Waals surface area (Å²) in [5.41, 5.74) is 9.87. The van der Waals surface area contributed by atoms with Gasteiger partial charge in [0, 0.05) is 47.8 Å². The van der Waals surface area contributed by atoms with Crippen molar-refractivity contribution in [3.8, 4) is 33.9 Å². The first kappa shape index (κ1) is 29.6. The average molecular weight is 643 g/mol. The minimum Gasteiger partial charge on any atom is -0.455 e. The Bertz CT molecular complexity index is 2310. The van der Waals surface area contributed by atoms with E-state index in [9.17, 15) is 22.0 Å². The lowest BCUT2D eigenvalue weighted by Gasteiger charge is -2.22. The predicted molar refractivity (Wildman–Crippen MR) is 172 cm³/mol. The summed E-state index contributed by atoms with van der Waals surface area (Å²) in [5, 5.41) is 3.04. The second-order valence-corrected chi connectivity index (χ2v) is 13.5. The number of rotatable bonds is 7. The zero-order valence-corrected chi connectivity index (χ0v) is 25.8. The van der Waals surface area contributed by atoms with E-state index in [1.54, 1.807) is 24.3 Å². The van der Waals surface area contributed by atoms with Crippen molar-refractivity contribution in [2.45, 2.75) is 18.4 Å². The maximum Gasteiger partial charge on any atom is 0.255 e. The average Bonchev–Trinajstić information content (AvgIpc) is 3.45. The van der Waals surface area contributed by atoms with Crippen molar-refractivity contribution in [3.63, 3.8) is 0 Å². The van der Waals surface area contributed by atoms with Gasteiger partial charge in [0.25, 0.3) is 5.91 Å². The van der Waals surface area contributed by atoms with E-state index >= 15 is 0 Å². The molecule has 4 aromatic carbocycles. The van der Waals surface area contributed by atoms with Crippen molar-refractivity contribution in [2.75, 3.05) is 24.7 Å². The van der Waals surface area contributed by atoms with Crippen LogP contribution in [-0.2, 0) is 15.6 Å². The molecule has 9 nitrogen and oxygen atoms in total. The van der Waals surface area contributed by atoms with Crippen LogP contribution in [-0.4, -0.2) is 39.7 Å². The van der Waals surface area contributed by atoms with Crippen LogP contribution in [0.15, 0.2) is 81.6 Å². The number of amides is 1. The van der Waals surface area contributed by atoms with Crippen LogP contribution in [0.4, 0.5) is 14.5 Å². The van der Waals surface area contributed by atoms with Gasteiger partial charge in [0.1, 0.15) is 22.7 Å². The van der Waals surface area contributed by atoms with Gasteiger partial charge in [0.15, 0.2) is 11.4 Å². The predicted octanol–water partition coefficient (Wildman–Crippen LogP) is 6.56. The molecule has 0 saturated heterocycles. The van der Waals surface area contributed by atoms with Crippen LogP contribution >= 0.6 is 0 Å². The van der Waals surface area contributed by atoms with Crippen LogP contribution in [0.3, 0.4) is 0 Å². The molecule has 7 rings (SSSR count). The molecule has 1 aliphatic rings. The van der Waals surface area contributed by atoms with E-state index in [1.807, 2.05) is 12.1 Å². The number of nitrogens with zero attached hydrogens (tertiary/aromatic N) is 2. The number of furan rings is 1. The van der Waals surface area contributed by atoms with Crippen LogP contribution in [0.25, 0.3) is 56.0 Å². The monoisotopic (exact) mass is 642 g/mol. The molecular weight excluding hydrogens is 614 g/mol. The molecule has 1 saturated carbocycles. The van der Waals surface area contributed by atoms with Gasteiger partial charge in [0.2, 0.25) is 15.9 Å². The van der Waals surface area contributed by atoms with Gasteiger partial charge in [-0.25, -0.2) is 22.2 Å². The van der Waals surface area contributed by atoms with Crippen LogP contribution in [0, 0.1) is 11.6 Å². The molecule has 1 amide bonds. The zero-order valence-electron chi connectivity index (χ0n) is 25.0. The van der Waals surface area contributed by atoms with Crippen molar-refractivity contribution >= 4 is 43.7 Å². The molecule has 12 heteroatoms. The number of fused-ring (bicyclic) bond motifs is 2. The fraction of sp³-hybridized carbons (Fsp3) is 0.176. The van der Waals surface area contributed by atoms with Gasteiger partial charge in [-0.2, -0.15) is 0 Å². The molecule has 0 radical (unpaired) electrons. The van der Waals surface area contributed by atoms with Gasteiger partial charge < -0.3 is 19.9 Å². The number of hydrogen-bond donors (Lipinski definition) is 2. The normalized spacial score (nSPS) is 14.1. The number of nitrogens with two attached hydrogens (primary N) is 1. The Labute approximate surface area is 262 Å². The summed E-state index contributed by atoms with van der Waals surface area (Å²) in [6.45, 7) is 0. The number of aromatic nitrogens is 1. The maximum atomic E-state index is 14.6. The van der Waals surface area contributed by atoms with Gasteiger partial charge in [-0.15, -0.1) is 0 Å². The molecule has 0 bridgehead atoms. The Kier molecular flexibility index (Phi) is 6.76. The Morgan fingerprint density at radius 2 is 1.67 bits per heavy atom. The zero-order chi connectivity index (χ0) is 32.5. The Morgan fingerprint density at radius 3 is 2.33 bits per heavy atom. The summed E-state index contributed by atoms with van der Waals surface area (Å²) in [6, 6.07) is 18.7. The Balaban J connectivity index is 1.51. The van der Waals surface area contributed by atoms with Crippen LogP contribution < -0.4 is 15.4 Å². The van der Waals surface area contributed by atoms with E-state index < -0.39 is 33.1 Å². The van der Waals surface area contributed by atoms with Crippen molar-refractivity contribution < 1.29 is 30.8 Å². The van der Waals surface area contributed by atoms with Crippen LogP contribution in [0.2, 0.25) is 0 Å². The first-order valence-corrected chi connectivity index (χ1v) is 16.2. The van der Waals surface area contributed by atoms with Gasteiger partial charge in [-0.1, -0.05) is 18.2 Å². The maximum absolute atomic E-state index is 14.6. The Morgan fingerprint density at radius 1 is 0.957 bits per heavy atom. The molecule has 234 valence electrons. The van der Waals surface area contributed by atoms with Crippen molar-refractivity contribution in [1.29, 1.82) is 0 Å². The van der Waals surface area contributed by atoms with E-state index in [-0.39, 0.29) is 39.6 Å². The largest absolute Gasteiger partial charge is 0.455 e. The van der Waals surface area contributed by atoms with Crippen molar-refractivity contribution in [1.82, 2.24) is 10.3 Å². The quantitative estimate of drug-likeness (QED) is 0.202. The fourth-order valence-corrected chi connectivity index (χ4v) is 6.22. The highest BCUT2D eigenvalue weighted by Crippen LogP contribution is 2.49. The third-order valence-corrected chi connectivity index (χ3v) is 9.65. The van der Waals surface area contributed by atoms with Gasteiger partial charge in [0.05, 0.1) is 17.5 Å². The van der Waals surface area contributed by atoms with Crippen LogP contribution in [0.1, 0.15) is 28.8 Å². The topological polar surface area (TPSA) is 132 Å². The van der Waals surface area contributed by atoms with Gasteiger partial charge in [-0.3, -0.25) is 9.10 Å². The fourth-order valence-electron chi connectivity index (χ4n) is 5.71. The molecule has 3 N–H and O–H groups in total. The highest BCUT2D eigenvalue weighted by molar-refractivity contribution is 7.92. The van der Waals surface area contributed by atoms with E-state index in [2.05, 4.69) is 10.3 Å². The molecule has 2 heterocycles. The first-order chi connectivity index (χ1) is 21.9. The molecule has 0 atom stereocenters. The van der Waals surface area contributed by atoms with E-state index in [0.29, 0.717) is 27.6 Å². The third kappa shape index (κ3) is 4.90. The van der Waals surface area contributed by atoms with Crippen molar-refractivity contribution in [2.24, 2.45) is 5.73 Å². The third-order valence-electron chi connectivity index (χ3n) is 8.46. The summed E-state index contributed by atoms with van der Waals surface area (Å²) >= 11 is 0. The number of benzene rings is 4.